The summed E-state index contributed by atoms with van der Waals surface area (Å²) in [5.74, 6) is 0. The molecule has 0 fully saturated rings. The first-order valence-corrected chi connectivity index (χ1v) is 5.86. The molecule has 11 heavy (non-hydrogen) atoms. The second kappa shape index (κ2) is 5.36. The Bertz CT molecular complexity index is 93.7. The number of hydrogen-bond donors (Lipinski definition) is 0. The maximum absolute atomic E-state index is 2.55. The number of alkyl halides is 1. The normalized spacial score (nSPS) is 15.0. The summed E-state index contributed by atoms with van der Waals surface area (Å²) in [4.78, 5) is 2.55. The van der Waals surface area contributed by atoms with E-state index in [9.17, 15) is 0 Å². The molecule has 0 N–H and O–H groups in total. The van der Waals surface area contributed by atoms with E-state index in [1.165, 1.54) is 4.43 Å². The van der Waals surface area contributed by atoms with Crippen molar-refractivity contribution >= 4 is 22.6 Å². The van der Waals surface area contributed by atoms with Crippen LogP contribution in [0.15, 0.2) is 0 Å². The molecule has 0 spiro atoms. The molecule has 0 saturated carbocycles. The highest BCUT2D eigenvalue weighted by atomic mass is 127. The number of hydrogen-bond acceptors (Lipinski definition) is 1. The second-order valence-electron chi connectivity index (χ2n) is 3.64. The Labute approximate surface area is 84.7 Å². The van der Waals surface area contributed by atoms with Gasteiger partial charge in [0.1, 0.15) is 0 Å². The average Bonchev–Trinajstić information content (AvgIpc) is 1.85. The molecule has 2 heteroatoms. The van der Waals surface area contributed by atoms with Crippen molar-refractivity contribution in [3.63, 3.8) is 0 Å². The molecule has 0 heterocycles. The van der Waals surface area contributed by atoms with Crippen molar-refractivity contribution in [1.82, 2.24) is 4.90 Å². The van der Waals surface area contributed by atoms with Crippen LogP contribution in [0.4, 0.5) is 0 Å². The van der Waals surface area contributed by atoms with Gasteiger partial charge in [-0.1, -0.05) is 22.6 Å². The zero-order chi connectivity index (χ0) is 9.02. The fourth-order valence-electron chi connectivity index (χ4n) is 1.69. The van der Waals surface area contributed by atoms with Gasteiger partial charge in [-0.25, -0.2) is 0 Å². The molecule has 1 nitrogen and oxygen atoms in total. The molecule has 1 atom stereocenters. The molecular weight excluding hydrogens is 249 g/mol. The predicted octanol–water partition coefficient (Wildman–Crippen LogP) is 2.93. The van der Waals surface area contributed by atoms with Crippen LogP contribution in [-0.4, -0.2) is 27.5 Å². The largest absolute Gasteiger partial charge is 0.295 e. The minimum absolute atomic E-state index is 0.666. The molecule has 0 aromatic rings. The molecule has 68 valence electrons. The van der Waals surface area contributed by atoms with E-state index in [2.05, 4.69) is 62.1 Å². The number of nitrogens with zero attached hydrogens (tertiary/aromatic N) is 1. The Morgan fingerprint density at radius 1 is 1.00 bits per heavy atom. The van der Waals surface area contributed by atoms with Crippen molar-refractivity contribution in [3.05, 3.63) is 0 Å². The lowest BCUT2D eigenvalue weighted by atomic mass is 10.2. The van der Waals surface area contributed by atoms with Crippen LogP contribution in [0.25, 0.3) is 0 Å². The molecule has 0 bridgehead atoms. The van der Waals surface area contributed by atoms with Gasteiger partial charge >= 0.3 is 0 Å². The summed E-state index contributed by atoms with van der Waals surface area (Å²) in [7, 11) is 0. The van der Waals surface area contributed by atoms with Gasteiger partial charge in [0.15, 0.2) is 0 Å². The van der Waals surface area contributed by atoms with Crippen molar-refractivity contribution in [2.24, 2.45) is 0 Å². The molecule has 0 rings (SSSR count). The fourth-order valence-corrected chi connectivity index (χ4v) is 2.15. The van der Waals surface area contributed by atoms with E-state index < -0.39 is 0 Å². The Morgan fingerprint density at radius 3 is 1.45 bits per heavy atom. The first-order chi connectivity index (χ1) is 5.00. The molecule has 0 aromatic heterocycles. The maximum atomic E-state index is 2.55. The van der Waals surface area contributed by atoms with Crippen LogP contribution < -0.4 is 0 Å². The van der Waals surface area contributed by atoms with Gasteiger partial charge in [-0.3, -0.25) is 4.90 Å². The smallest absolute Gasteiger partial charge is 0.0162 e. The van der Waals surface area contributed by atoms with Gasteiger partial charge in [0.05, 0.1) is 0 Å². The SMILES string of the molecule is CC(C)N(C(C)C)C(C)CI. The summed E-state index contributed by atoms with van der Waals surface area (Å²) in [6.07, 6.45) is 0. The molecule has 0 radical (unpaired) electrons. The summed E-state index contributed by atoms with van der Waals surface area (Å²) < 4.78 is 1.22. The molecule has 1 unspecified atom stereocenters. The molecule has 0 aliphatic heterocycles. The van der Waals surface area contributed by atoms with Gasteiger partial charge in [0.25, 0.3) is 0 Å². The predicted molar refractivity (Wildman–Crippen MR) is 60.5 cm³/mol. The van der Waals surface area contributed by atoms with E-state index in [-0.39, 0.29) is 0 Å². The first kappa shape index (κ1) is 11.7. The summed E-state index contributed by atoms with van der Waals surface area (Å²) in [6.45, 7) is 11.4. The lowest BCUT2D eigenvalue weighted by molar-refractivity contribution is 0.137. The monoisotopic (exact) mass is 269 g/mol. The third-order valence-electron chi connectivity index (χ3n) is 1.92. The van der Waals surface area contributed by atoms with Gasteiger partial charge in [0, 0.05) is 22.6 Å². The average molecular weight is 269 g/mol. The van der Waals surface area contributed by atoms with Crippen LogP contribution >= 0.6 is 22.6 Å². The Kier molecular flexibility index (Phi) is 5.69. The van der Waals surface area contributed by atoms with Crippen LogP contribution in [0, 0.1) is 0 Å². The molecule has 0 aromatic carbocycles. The third-order valence-corrected chi connectivity index (χ3v) is 3.20. The minimum atomic E-state index is 0.666. The molecule has 0 saturated heterocycles. The summed E-state index contributed by atoms with van der Waals surface area (Å²) in [6, 6.07) is 2.04. The van der Waals surface area contributed by atoms with E-state index in [1.807, 2.05) is 0 Å². The van der Waals surface area contributed by atoms with Crippen molar-refractivity contribution in [3.8, 4) is 0 Å². The van der Waals surface area contributed by atoms with E-state index >= 15 is 0 Å². The summed E-state index contributed by atoms with van der Waals surface area (Å²) in [5.41, 5.74) is 0. The number of halogens is 1. The Morgan fingerprint density at radius 2 is 1.36 bits per heavy atom. The van der Waals surface area contributed by atoms with Crippen LogP contribution in [-0.2, 0) is 0 Å². The third kappa shape index (κ3) is 3.74. The lowest BCUT2D eigenvalue weighted by Crippen LogP contribution is -2.44. The number of rotatable bonds is 4. The first-order valence-electron chi connectivity index (χ1n) is 4.34. The van der Waals surface area contributed by atoms with Gasteiger partial charge in [0.2, 0.25) is 0 Å². The van der Waals surface area contributed by atoms with Crippen molar-refractivity contribution in [2.75, 3.05) is 4.43 Å². The molecule has 0 aliphatic carbocycles. The molecule has 0 amide bonds. The topological polar surface area (TPSA) is 3.24 Å². The van der Waals surface area contributed by atoms with E-state index in [4.69, 9.17) is 0 Å². The van der Waals surface area contributed by atoms with Crippen LogP contribution in [0.2, 0.25) is 0 Å². The minimum Gasteiger partial charge on any atom is -0.295 e. The quantitative estimate of drug-likeness (QED) is 0.560. The Hall–Kier alpha value is 0.690. The highest BCUT2D eigenvalue weighted by Crippen LogP contribution is 2.11. The summed E-state index contributed by atoms with van der Waals surface area (Å²) in [5, 5.41) is 0. The standard InChI is InChI=1S/C9H20IN/c1-7(2)11(8(3)4)9(5)6-10/h7-9H,6H2,1-5H3. The highest BCUT2D eigenvalue weighted by molar-refractivity contribution is 14.1. The van der Waals surface area contributed by atoms with Gasteiger partial charge in [-0.15, -0.1) is 0 Å². The highest BCUT2D eigenvalue weighted by Gasteiger charge is 2.18. The Balaban J connectivity index is 4.09. The molecular formula is C9H20IN. The summed E-state index contributed by atoms with van der Waals surface area (Å²) >= 11 is 2.45. The van der Waals surface area contributed by atoms with Crippen LogP contribution in [0.3, 0.4) is 0 Å². The van der Waals surface area contributed by atoms with Crippen LogP contribution in [0.5, 0.6) is 0 Å². The lowest BCUT2D eigenvalue weighted by Gasteiger charge is -2.35. The van der Waals surface area contributed by atoms with E-state index in [1.54, 1.807) is 0 Å². The fraction of sp³-hybridized carbons (Fsp3) is 1.00. The zero-order valence-corrected chi connectivity index (χ0v) is 10.4. The van der Waals surface area contributed by atoms with E-state index in [0.29, 0.717) is 18.1 Å². The van der Waals surface area contributed by atoms with E-state index in [0.717, 1.165) is 0 Å². The van der Waals surface area contributed by atoms with Gasteiger partial charge < -0.3 is 0 Å². The van der Waals surface area contributed by atoms with Crippen molar-refractivity contribution < 1.29 is 0 Å². The second-order valence-corrected chi connectivity index (χ2v) is 4.52. The van der Waals surface area contributed by atoms with Crippen molar-refractivity contribution in [1.29, 1.82) is 0 Å². The van der Waals surface area contributed by atoms with Crippen molar-refractivity contribution in [2.45, 2.75) is 52.7 Å². The molecule has 0 aliphatic rings. The maximum Gasteiger partial charge on any atom is 0.0162 e. The van der Waals surface area contributed by atoms with Gasteiger partial charge in [-0.2, -0.15) is 0 Å². The zero-order valence-electron chi connectivity index (χ0n) is 8.26. The van der Waals surface area contributed by atoms with Crippen LogP contribution in [0.1, 0.15) is 34.6 Å². The van der Waals surface area contributed by atoms with Gasteiger partial charge in [-0.05, 0) is 34.6 Å².